The van der Waals surface area contributed by atoms with Gasteiger partial charge in [-0.2, -0.15) is 13.2 Å². The van der Waals surface area contributed by atoms with E-state index in [0.29, 0.717) is 24.6 Å². The van der Waals surface area contributed by atoms with Crippen molar-refractivity contribution in [2.45, 2.75) is 25.1 Å². The Kier molecular flexibility index (Phi) is 3.99. The fraction of sp³-hybridized carbons (Fsp3) is 0.462. The van der Waals surface area contributed by atoms with Gasteiger partial charge in [0.2, 0.25) is 0 Å². The maximum Gasteiger partial charge on any atom is 0.416 e. The summed E-state index contributed by atoms with van der Waals surface area (Å²) in [5.74, 6) is -2.08. The smallest absolute Gasteiger partial charge is 0.416 e. The Balaban J connectivity index is 2.26. The number of benzene rings is 1. The maximum absolute atomic E-state index is 13.3. The van der Waals surface area contributed by atoms with Crippen molar-refractivity contribution in [3.05, 3.63) is 35.1 Å². The molecular formula is C13H13F4NO2. The lowest BCUT2D eigenvalue weighted by molar-refractivity contribution is -0.141. The number of aliphatic carboxylic acids is 1. The first-order chi connectivity index (χ1) is 9.27. The topological polar surface area (TPSA) is 49.3 Å². The molecule has 0 saturated heterocycles. The molecule has 3 nitrogen and oxygen atoms in total. The molecule has 0 amide bonds. The molecule has 1 saturated carbocycles. The monoisotopic (exact) mass is 291 g/mol. The number of rotatable bonds is 5. The van der Waals surface area contributed by atoms with E-state index in [1.165, 1.54) is 0 Å². The predicted octanol–water partition coefficient (Wildman–Crippen LogP) is 2.97. The average molecular weight is 291 g/mol. The Bertz CT molecular complexity index is 512. The molecule has 0 spiro atoms. The SMILES string of the molecule is O=C(O)C(NCC1CC1)c1cc(F)cc(C(F)(F)F)c1. The van der Waals surface area contributed by atoms with E-state index in [0.717, 1.165) is 18.9 Å². The molecule has 0 bridgehead atoms. The van der Waals surface area contributed by atoms with E-state index < -0.39 is 29.6 Å². The van der Waals surface area contributed by atoms with Gasteiger partial charge in [0, 0.05) is 0 Å². The predicted molar refractivity (Wildman–Crippen MR) is 62.5 cm³/mol. The molecule has 0 heterocycles. The number of carbonyl (C=O) groups is 1. The van der Waals surface area contributed by atoms with Crippen molar-refractivity contribution in [2.75, 3.05) is 6.54 Å². The van der Waals surface area contributed by atoms with Crippen LogP contribution in [0, 0.1) is 11.7 Å². The van der Waals surface area contributed by atoms with Crippen molar-refractivity contribution in [1.29, 1.82) is 0 Å². The highest BCUT2D eigenvalue weighted by molar-refractivity contribution is 5.75. The Labute approximate surface area is 112 Å². The molecule has 2 N–H and O–H groups in total. The first-order valence-electron chi connectivity index (χ1n) is 6.11. The minimum Gasteiger partial charge on any atom is -0.480 e. The molecule has 1 aromatic carbocycles. The minimum absolute atomic E-state index is 0.231. The standard InChI is InChI=1S/C13H13F4NO2/c14-10-4-8(3-9(5-10)13(15,16)17)11(12(19)20)18-6-7-1-2-7/h3-5,7,11,18H,1-2,6H2,(H,19,20). The summed E-state index contributed by atoms with van der Waals surface area (Å²) in [5, 5.41) is 11.7. The molecule has 0 radical (unpaired) electrons. The minimum atomic E-state index is -4.71. The molecule has 0 aliphatic heterocycles. The van der Waals surface area contributed by atoms with Crippen LogP contribution in [-0.2, 0) is 11.0 Å². The summed E-state index contributed by atoms with van der Waals surface area (Å²) in [7, 11) is 0. The van der Waals surface area contributed by atoms with Crippen LogP contribution in [0.25, 0.3) is 0 Å². The Hall–Kier alpha value is -1.63. The lowest BCUT2D eigenvalue weighted by Gasteiger charge is -2.16. The second-order valence-electron chi connectivity index (χ2n) is 4.89. The first kappa shape index (κ1) is 14.8. The van der Waals surface area contributed by atoms with Gasteiger partial charge in [0.25, 0.3) is 0 Å². The second kappa shape index (κ2) is 5.40. The molecule has 20 heavy (non-hydrogen) atoms. The van der Waals surface area contributed by atoms with Gasteiger partial charge in [0.05, 0.1) is 5.56 Å². The van der Waals surface area contributed by atoms with Gasteiger partial charge < -0.3 is 10.4 Å². The Morgan fingerprint density at radius 3 is 2.50 bits per heavy atom. The maximum atomic E-state index is 13.3. The molecule has 1 unspecified atom stereocenters. The van der Waals surface area contributed by atoms with Crippen molar-refractivity contribution >= 4 is 5.97 Å². The molecule has 2 rings (SSSR count). The zero-order valence-corrected chi connectivity index (χ0v) is 10.4. The van der Waals surface area contributed by atoms with Gasteiger partial charge in [-0.1, -0.05) is 0 Å². The number of carboxylic acid groups (broad SMARTS) is 1. The third-order valence-corrected chi connectivity index (χ3v) is 3.14. The van der Waals surface area contributed by atoms with Crippen LogP contribution in [0.1, 0.15) is 30.0 Å². The Morgan fingerprint density at radius 2 is 2.00 bits per heavy atom. The van der Waals surface area contributed by atoms with E-state index in [9.17, 15) is 22.4 Å². The van der Waals surface area contributed by atoms with Gasteiger partial charge in [-0.3, -0.25) is 4.79 Å². The van der Waals surface area contributed by atoms with Crippen LogP contribution < -0.4 is 5.32 Å². The van der Waals surface area contributed by atoms with Crippen molar-refractivity contribution in [2.24, 2.45) is 5.92 Å². The molecular weight excluding hydrogens is 278 g/mol. The molecule has 1 aliphatic carbocycles. The fourth-order valence-electron chi connectivity index (χ4n) is 1.90. The second-order valence-corrected chi connectivity index (χ2v) is 4.89. The summed E-state index contributed by atoms with van der Waals surface area (Å²) >= 11 is 0. The zero-order chi connectivity index (χ0) is 14.9. The molecule has 7 heteroatoms. The summed E-state index contributed by atoms with van der Waals surface area (Å²) in [6, 6.07) is 0.492. The number of alkyl halides is 3. The zero-order valence-electron chi connectivity index (χ0n) is 10.4. The third kappa shape index (κ3) is 3.69. The van der Waals surface area contributed by atoms with Crippen molar-refractivity contribution < 1.29 is 27.5 Å². The van der Waals surface area contributed by atoms with Crippen LogP contribution in [0.15, 0.2) is 18.2 Å². The quantitative estimate of drug-likeness (QED) is 0.820. The summed E-state index contributed by atoms with van der Waals surface area (Å²) in [6.07, 6.45) is -2.77. The van der Waals surface area contributed by atoms with Crippen molar-refractivity contribution in [1.82, 2.24) is 5.32 Å². The molecule has 0 aromatic heterocycles. The van der Waals surface area contributed by atoms with Crippen LogP contribution in [0.4, 0.5) is 17.6 Å². The highest BCUT2D eigenvalue weighted by atomic mass is 19.4. The molecule has 1 atom stereocenters. The third-order valence-electron chi connectivity index (χ3n) is 3.14. The first-order valence-corrected chi connectivity index (χ1v) is 6.11. The Morgan fingerprint density at radius 1 is 1.35 bits per heavy atom. The lowest BCUT2D eigenvalue weighted by Crippen LogP contribution is -2.30. The number of hydrogen-bond acceptors (Lipinski definition) is 2. The van der Waals surface area contributed by atoms with Crippen molar-refractivity contribution in [3.63, 3.8) is 0 Å². The lowest BCUT2D eigenvalue weighted by atomic mass is 10.0. The van der Waals surface area contributed by atoms with Gasteiger partial charge in [-0.05, 0) is 49.1 Å². The summed E-state index contributed by atoms with van der Waals surface area (Å²) in [4.78, 5) is 11.1. The van der Waals surface area contributed by atoms with Crippen LogP contribution in [0.5, 0.6) is 0 Å². The van der Waals surface area contributed by atoms with Crippen molar-refractivity contribution in [3.8, 4) is 0 Å². The molecule has 1 fully saturated rings. The largest absolute Gasteiger partial charge is 0.480 e. The van der Waals surface area contributed by atoms with E-state index in [2.05, 4.69) is 5.32 Å². The fourth-order valence-corrected chi connectivity index (χ4v) is 1.90. The highest BCUT2D eigenvalue weighted by Crippen LogP contribution is 2.32. The molecule has 110 valence electrons. The van der Waals surface area contributed by atoms with Crippen LogP contribution in [-0.4, -0.2) is 17.6 Å². The van der Waals surface area contributed by atoms with E-state index in [1.54, 1.807) is 0 Å². The number of carboxylic acids is 1. The summed E-state index contributed by atoms with van der Waals surface area (Å²) in [6.45, 7) is 0.398. The summed E-state index contributed by atoms with van der Waals surface area (Å²) in [5.41, 5.74) is -1.42. The normalized spacial score (nSPS) is 17.0. The van der Waals surface area contributed by atoms with Gasteiger partial charge in [-0.25, -0.2) is 4.39 Å². The van der Waals surface area contributed by atoms with Crippen LogP contribution in [0.3, 0.4) is 0 Å². The highest BCUT2D eigenvalue weighted by Gasteiger charge is 2.33. The van der Waals surface area contributed by atoms with Crippen LogP contribution >= 0.6 is 0 Å². The van der Waals surface area contributed by atoms with Gasteiger partial charge in [0.15, 0.2) is 0 Å². The van der Waals surface area contributed by atoms with Crippen LogP contribution in [0.2, 0.25) is 0 Å². The van der Waals surface area contributed by atoms with E-state index in [1.807, 2.05) is 0 Å². The number of halogens is 4. The summed E-state index contributed by atoms with van der Waals surface area (Å²) < 4.78 is 51.1. The molecule has 1 aliphatic rings. The van der Waals surface area contributed by atoms with Gasteiger partial charge in [-0.15, -0.1) is 0 Å². The number of hydrogen-bond donors (Lipinski definition) is 2. The average Bonchev–Trinajstić information content (AvgIpc) is 3.11. The van der Waals surface area contributed by atoms with E-state index in [4.69, 9.17) is 5.11 Å². The molecule has 1 aromatic rings. The van der Waals surface area contributed by atoms with Gasteiger partial charge >= 0.3 is 12.1 Å². The van der Waals surface area contributed by atoms with E-state index in [-0.39, 0.29) is 5.56 Å². The van der Waals surface area contributed by atoms with Gasteiger partial charge in [0.1, 0.15) is 11.9 Å². The van der Waals surface area contributed by atoms with E-state index >= 15 is 0 Å². The number of nitrogens with one attached hydrogen (secondary N) is 1.